The van der Waals surface area contributed by atoms with Crippen LogP contribution in [0.5, 0.6) is 0 Å². The molecule has 1 atom stereocenters. The van der Waals surface area contributed by atoms with Crippen LogP contribution in [0.15, 0.2) is 29.1 Å². The van der Waals surface area contributed by atoms with Crippen LogP contribution in [0.1, 0.15) is 25.2 Å². The highest BCUT2D eigenvalue weighted by atomic mass is 16.5. The van der Waals surface area contributed by atoms with Crippen molar-refractivity contribution in [3.05, 3.63) is 40.4 Å². The van der Waals surface area contributed by atoms with Crippen LogP contribution in [0.3, 0.4) is 0 Å². The van der Waals surface area contributed by atoms with Gasteiger partial charge in [-0.15, -0.1) is 0 Å². The topological polar surface area (TPSA) is 62.6 Å². The second-order valence-corrected chi connectivity index (χ2v) is 7.61. The van der Waals surface area contributed by atoms with Crippen molar-refractivity contribution in [2.75, 3.05) is 59.0 Å². The second-order valence-electron chi connectivity index (χ2n) is 7.61. The van der Waals surface area contributed by atoms with E-state index in [1.165, 1.54) is 0 Å². The number of hydrogen-bond donors (Lipinski definition) is 1. The zero-order valence-corrected chi connectivity index (χ0v) is 16.8. The van der Waals surface area contributed by atoms with Gasteiger partial charge < -0.3 is 10.1 Å². The van der Waals surface area contributed by atoms with Gasteiger partial charge in [0, 0.05) is 52.4 Å². The third-order valence-electron chi connectivity index (χ3n) is 5.91. The SMILES string of the molecule is CCC(c1nc2ccccc2c(=O)n1CCN1CCOCC1)N1CCNCC1. The normalized spacial score (nSPS) is 20.5. The maximum absolute atomic E-state index is 13.4. The molecule has 2 fully saturated rings. The van der Waals surface area contributed by atoms with Gasteiger partial charge in [-0.3, -0.25) is 19.2 Å². The van der Waals surface area contributed by atoms with E-state index in [1.807, 2.05) is 28.8 Å². The van der Waals surface area contributed by atoms with Crippen molar-refractivity contribution in [1.82, 2.24) is 24.7 Å². The number of nitrogens with zero attached hydrogens (tertiary/aromatic N) is 4. The van der Waals surface area contributed by atoms with E-state index < -0.39 is 0 Å². The lowest BCUT2D eigenvalue weighted by molar-refractivity contribution is 0.0359. The Balaban J connectivity index is 1.70. The summed E-state index contributed by atoms with van der Waals surface area (Å²) in [5, 5.41) is 4.13. The van der Waals surface area contributed by atoms with Crippen LogP contribution in [0.25, 0.3) is 10.9 Å². The smallest absolute Gasteiger partial charge is 0.261 e. The molecule has 1 aromatic heterocycles. The van der Waals surface area contributed by atoms with Gasteiger partial charge in [0.1, 0.15) is 5.82 Å². The van der Waals surface area contributed by atoms with E-state index in [1.54, 1.807) is 0 Å². The summed E-state index contributed by atoms with van der Waals surface area (Å²) >= 11 is 0. The molecule has 0 saturated carbocycles. The standard InChI is InChI=1S/C21H31N5O2/c1-2-19(25-9-7-22-8-10-25)20-23-18-6-4-3-5-17(18)21(27)26(20)12-11-24-13-15-28-16-14-24/h3-6,19,22H,2,7-16H2,1H3. The molecular formula is C21H31N5O2. The van der Waals surface area contributed by atoms with Crippen molar-refractivity contribution in [2.45, 2.75) is 25.9 Å². The van der Waals surface area contributed by atoms with Crippen molar-refractivity contribution in [1.29, 1.82) is 0 Å². The number of rotatable bonds is 6. The molecule has 7 nitrogen and oxygen atoms in total. The molecule has 1 aromatic carbocycles. The summed E-state index contributed by atoms with van der Waals surface area (Å²) in [7, 11) is 0. The molecule has 1 unspecified atom stereocenters. The number of para-hydroxylation sites is 1. The predicted octanol–water partition coefficient (Wildman–Crippen LogP) is 1.09. The molecule has 2 saturated heterocycles. The molecule has 7 heteroatoms. The zero-order chi connectivity index (χ0) is 19.3. The van der Waals surface area contributed by atoms with E-state index >= 15 is 0 Å². The first-order valence-electron chi connectivity index (χ1n) is 10.5. The Labute approximate surface area is 166 Å². The van der Waals surface area contributed by atoms with Gasteiger partial charge in [0.25, 0.3) is 5.56 Å². The largest absolute Gasteiger partial charge is 0.379 e. The fourth-order valence-corrected chi connectivity index (χ4v) is 4.32. The summed E-state index contributed by atoms with van der Waals surface area (Å²) in [4.78, 5) is 23.2. The minimum atomic E-state index is 0.0856. The van der Waals surface area contributed by atoms with Crippen molar-refractivity contribution < 1.29 is 4.74 Å². The van der Waals surface area contributed by atoms with Gasteiger partial charge in [-0.1, -0.05) is 19.1 Å². The van der Waals surface area contributed by atoms with E-state index in [2.05, 4.69) is 22.0 Å². The molecule has 3 heterocycles. The Morgan fingerprint density at radius 2 is 1.86 bits per heavy atom. The third kappa shape index (κ3) is 4.12. The van der Waals surface area contributed by atoms with Crippen LogP contribution >= 0.6 is 0 Å². The number of fused-ring (bicyclic) bond motifs is 1. The Bertz CT molecular complexity index is 840. The van der Waals surface area contributed by atoms with Gasteiger partial charge in [-0.2, -0.15) is 0 Å². The molecule has 0 bridgehead atoms. The van der Waals surface area contributed by atoms with Gasteiger partial charge in [0.05, 0.1) is 30.2 Å². The van der Waals surface area contributed by atoms with Crippen LogP contribution in [-0.2, 0) is 11.3 Å². The van der Waals surface area contributed by atoms with Crippen molar-refractivity contribution in [3.63, 3.8) is 0 Å². The summed E-state index contributed by atoms with van der Waals surface area (Å²) in [5.41, 5.74) is 0.890. The summed E-state index contributed by atoms with van der Waals surface area (Å²) < 4.78 is 7.40. The molecule has 4 rings (SSSR count). The number of hydrogen-bond acceptors (Lipinski definition) is 6. The number of nitrogens with one attached hydrogen (secondary N) is 1. The van der Waals surface area contributed by atoms with E-state index in [-0.39, 0.29) is 11.6 Å². The monoisotopic (exact) mass is 385 g/mol. The van der Waals surface area contributed by atoms with Crippen molar-refractivity contribution in [2.24, 2.45) is 0 Å². The Kier molecular flexibility index (Phi) is 6.36. The van der Waals surface area contributed by atoms with Gasteiger partial charge in [-0.25, -0.2) is 4.98 Å². The van der Waals surface area contributed by atoms with Gasteiger partial charge in [-0.05, 0) is 18.6 Å². The molecule has 28 heavy (non-hydrogen) atoms. The lowest BCUT2D eigenvalue weighted by Gasteiger charge is -2.35. The summed E-state index contributed by atoms with van der Waals surface area (Å²) in [6.07, 6.45) is 0.947. The van der Waals surface area contributed by atoms with Gasteiger partial charge >= 0.3 is 0 Å². The van der Waals surface area contributed by atoms with Crippen LogP contribution < -0.4 is 10.9 Å². The second kappa shape index (κ2) is 9.13. The molecular weight excluding hydrogens is 354 g/mol. The fourth-order valence-electron chi connectivity index (χ4n) is 4.32. The fraction of sp³-hybridized carbons (Fsp3) is 0.619. The summed E-state index contributed by atoms with van der Waals surface area (Å²) in [6.45, 7) is 11.1. The molecule has 0 radical (unpaired) electrons. The highest BCUT2D eigenvalue weighted by Crippen LogP contribution is 2.24. The molecule has 1 N–H and O–H groups in total. The Morgan fingerprint density at radius 3 is 2.61 bits per heavy atom. The highest BCUT2D eigenvalue weighted by molar-refractivity contribution is 5.77. The van der Waals surface area contributed by atoms with Crippen molar-refractivity contribution >= 4 is 10.9 Å². The minimum Gasteiger partial charge on any atom is -0.379 e. The maximum Gasteiger partial charge on any atom is 0.261 e. The Hall–Kier alpha value is -1.80. The number of benzene rings is 1. The first-order valence-corrected chi connectivity index (χ1v) is 10.5. The summed E-state index contributed by atoms with van der Waals surface area (Å²) in [5.74, 6) is 0.918. The van der Waals surface area contributed by atoms with Crippen LogP contribution in [0.2, 0.25) is 0 Å². The molecule has 2 aliphatic rings. The molecule has 0 amide bonds. The maximum atomic E-state index is 13.4. The number of piperazine rings is 1. The molecule has 0 spiro atoms. The van der Waals surface area contributed by atoms with E-state index in [4.69, 9.17) is 9.72 Å². The molecule has 2 aromatic rings. The molecule has 0 aliphatic carbocycles. The first-order chi connectivity index (χ1) is 13.8. The van der Waals surface area contributed by atoms with Crippen LogP contribution in [-0.4, -0.2) is 78.4 Å². The van der Waals surface area contributed by atoms with Crippen molar-refractivity contribution in [3.8, 4) is 0 Å². The number of ether oxygens (including phenoxy) is 1. The van der Waals surface area contributed by atoms with Crippen LogP contribution in [0, 0.1) is 0 Å². The highest BCUT2D eigenvalue weighted by Gasteiger charge is 2.26. The number of aromatic nitrogens is 2. The van der Waals surface area contributed by atoms with E-state index in [0.29, 0.717) is 11.9 Å². The van der Waals surface area contributed by atoms with Gasteiger partial charge in [0.15, 0.2) is 0 Å². The molecule has 152 valence electrons. The quantitative estimate of drug-likeness (QED) is 0.803. The first kappa shape index (κ1) is 19.5. The number of morpholine rings is 1. The lowest BCUT2D eigenvalue weighted by Crippen LogP contribution is -2.47. The summed E-state index contributed by atoms with van der Waals surface area (Å²) in [6, 6.07) is 7.90. The zero-order valence-electron chi connectivity index (χ0n) is 16.8. The predicted molar refractivity (Wildman–Crippen MR) is 111 cm³/mol. The minimum absolute atomic E-state index is 0.0856. The average Bonchev–Trinajstić information content (AvgIpc) is 2.75. The Morgan fingerprint density at radius 1 is 1.11 bits per heavy atom. The lowest BCUT2D eigenvalue weighted by atomic mass is 10.1. The van der Waals surface area contributed by atoms with Crippen LogP contribution in [0.4, 0.5) is 0 Å². The van der Waals surface area contributed by atoms with Gasteiger partial charge in [0.2, 0.25) is 0 Å². The molecule has 2 aliphatic heterocycles. The average molecular weight is 386 g/mol. The third-order valence-corrected chi connectivity index (χ3v) is 5.91. The van der Waals surface area contributed by atoms with E-state index in [0.717, 1.165) is 76.8 Å². The van der Waals surface area contributed by atoms with E-state index in [9.17, 15) is 4.79 Å².